The Kier molecular flexibility index (Phi) is 4.38. The van der Waals surface area contributed by atoms with E-state index in [1.165, 1.54) is 18.4 Å². The number of benzene rings is 1. The maximum Gasteiger partial charge on any atom is 0.105 e. The minimum atomic E-state index is 0.239. The van der Waals surface area contributed by atoms with E-state index in [2.05, 4.69) is 59.9 Å². The Morgan fingerprint density at radius 3 is 2.65 bits per heavy atom. The molecule has 3 heteroatoms. The minimum Gasteiger partial charge on any atom is -0.317 e. The van der Waals surface area contributed by atoms with E-state index in [1.54, 1.807) is 0 Å². The van der Waals surface area contributed by atoms with Gasteiger partial charge in [-0.05, 0) is 49.9 Å². The van der Waals surface area contributed by atoms with Gasteiger partial charge in [0.15, 0.2) is 0 Å². The number of piperidine rings is 1. The molecule has 0 amide bonds. The molecule has 1 aromatic rings. The van der Waals surface area contributed by atoms with Gasteiger partial charge in [0.2, 0.25) is 0 Å². The normalized spacial score (nSPS) is 25.1. The van der Waals surface area contributed by atoms with E-state index in [0.29, 0.717) is 12.0 Å². The van der Waals surface area contributed by atoms with Crippen LogP contribution in [0.25, 0.3) is 0 Å². The topological polar surface area (TPSA) is 24.5 Å². The summed E-state index contributed by atoms with van der Waals surface area (Å²) in [5.41, 5.74) is 1.36. The van der Waals surface area contributed by atoms with Gasteiger partial charge in [-0.1, -0.05) is 37.3 Å². The number of nitrogens with zero attached hydrogens (tertiary/aromatic N) is 1. The Balaban J connectivity index is 1.82. The highest BCUT2D eigenvalue weighted by Crippen LogP contribution is 2.36. The number of hydroxylamine groups is 2. The average molecular weight is 272 g/mol. The summed E-state index contributed by atoms with van der Waals surface area (Å²) in [6, 6.07) is 11.1. The van der Waals surface area contributed by atoms with Crippen LogP contribution in [0.1, 0.15) is 37.8 Å². The molecule has 2 atom stereocenters. The highest BCUT2D eigenvalue weighted by Gasteiger charge is 2.32. The van der Waals surface area contributed by atoms with Crippen molar-refractivity contribution in [1.29, 1.82) is 0 Å². The third kappa shape index (κ3) is 2.89. The molecule has 1 fully saturated rings. The second kappa shape index (κ2) is 6.42. The highest BCUT2D eigenvalue weighted by molar-refractivity contribution is 5.21. The van der Waals surface area contributed by atoms with E-state index in [1.807, 2.05) is 0 Å². The fourth-order valence-corrected chi connectivity index (χ4v) is 3.21. The molecule has 108 valence electrons. The molecular weight excluding hydrogens is 248 g/mol. The predicted molar refractivity (Wildman–Crippen MR) is 80.9 cm³/mol. The fourth-order valence-electron chi connectivity index (χ4n) is 3.21. The Hall–Kier alpha value is -1.32. The van der Waals surface area contributed by atoms with E-state index in [4.69, 9.17) is 4.84 Å². The molecule has 1 N–H and O–H groups in total. The summed E-state index contributed by atoms with van der Waals surface area (Å²) < 4.78 is 0. The monoisotopic (exact) mass is 272 g/mol. The van der Waals surface area contributed by atoms with Crippen LogP contribution in [0.4, 0.5) is 0 Å². The third-order valence-electron chi connectivity index (χ3n) is 4.35. The molecule has 0 saturated carbocycles. The molecule has 3 rings (SSSR count). The van der Waals surface area contributed by atoms with Crippen LogP contribution in [0.2, 0.25) is 0 Å². The van der Waals surface area contributed by atoms with Crippen LogP contribution < -0.4 is 5.32 Å². The number of rotatable bonds is 4. The van der Waals surface area contributed by atoms with Gasteiger partial charge in [-0.25, -0.2) is 0 Å². The van der Waals surface area contributed by atoms with Crippen molar-refractivity contribution in [3.63, 3.8) is 0 Å². The Morgan fingerprint density at radius 1 is 1.25 bits per heavy atom. The first kappa shape index (κ1) is 13.7. The molecule has 0 radical (unpaired) electrons. The SMILES string of the molecule is CCC1C=CN(C(c2ccccc2)C2CCNCC2)O1. The Morgan fingerprint density at radius 2 is 2.00 bits per heavy atom. The molecular formula is C17H24N2O. The maximum absolute atomic E-state index is 6.08. The lowest BCUT2D eigenvalue weighted by Gasteiger charge is -2.36. The molecule has 1 aromatic carbocycles. The first-order chi connectivity index (χ1) is 9.88. The van der Waals surface area contributed by atoms with Crippen molar-refractivity contribution in [3.8, 4) is 0 Å². The van der Waals surface area contributed by atoms with Crippen molar-refractivity contribution >= 4 is 0 Å². The molecule has 2 heterocycles. The minimum absolute atomic E-state index is 0.239. The summed E-state index contributed by atoms with van der Waals surface area (Å²) in [4.78, 5) is 6.08. The van der Waals surface area contributed by atoms with Gasteiger partial charge in [0.25, 0.3) is 0 Å². The van der Waals surface area contributed by atoms with Crippen LogP contribution in [0, 0.1) is 5.92 Å². The van der Waals surface area contributed by atoms with Gasteiger partial charge in [0.1, 0.15) is 6.10 Å². The highest BCUT2D eigenvalue weighted by atomic mass is 16.7. The zero-order valence-electron chi connectivity index (χ0n) is 12.2. The molecule has 2 aliphatic heterocycles. The molecule has 0 aromatic heterocycles. The van der Waals surface area contributed by atoms with Gasteiger partial charge < -0.3 is 5.32 Å². The van der Waals surface area contributed by atoms with E-state index in [0.717, 1.165) is 19.5 Å². The molecule has 0 spiro atoms. The van der Waals surface area contributed by atoms with Crippen molar-refractivity contribution < 1.29 is 4.84 Å². The summed E-state index contributed by atoms with van der Waals surface area (Å²) >= 11 is 0. The van der Waals surface area contributed by atoms with Gasteiger partial charge in [-0.15, -0.1) is 0 Å². The van der Waals surface area contributed by atoms with Crippen molar-refractivity contribution in [3.05, 3.63) is 48.2 Å². The van der Waals surface area contributed by atoms with Gasteiger partial charge in [-0.3, -0.25) is 9.90 Å². The van der Waals surface area contributed by atoms with Crippen LogP contribution in [-0.2, 0) is 4.84 Å². The van der Waals surface area contributed by atoms with Gasteiger partial charge in [0.05, 0.1) is 6.04 Å². The third-order valence-corrected chi connectivity index (χ3v) is 4.35. The summed E-state index contributed by atoms with van der Waals surface area (Å²) in [5.74, 6) is 0.652. The van der Waals surface area contributed by atoms with Crippen molar-refractivity contribution in [1.82, 2.24) is 10.4 Å². The van der Waals surface area contributed by atoms with Crippen molar-refractivity contribution in [2.75, 3.05) is 13.1 Å². The Labute approximate surface area is 121 Å². The second-order valence-corrected chi connectivity index (χ2v) is 5.70. The predicted octanol–water partition coefficient (Wildman–Crippen LogP) is 3.27. The molecule has 2 aliphatic rings. The lowest BCUT2D eigenvalue weighted by Crippen LogP contribution is -2.36. The smallest absolute Gasteiger partial charge is 0.105 e. The van der Waals surface area contributed by atoms with Crippen LogP contribution >= 0.6 is 0 Å². The van der Waals surface area contributed by atoms with E-state index >= 15 is 0 Å². The van der Waals surface area contributed by atoms with Crippen molar-refractivity contribution in [2.24, 2.45) is 5.92 Å². The van der Waals surface area contributed by atoms with Gasteiger partial charge >= 0.3 is 0 Å². The molecule has 0 bridgehead atoms. The van der Waals surface area contributed by atoms with E-state index in [-0.39, 0.29) is 6.10 Å². The second-order valence-electron chi connectivity index (χ2n) is 5.70. The largest absolute Gasteiger partial charge is 0.317 e. The lowest BCUT2D eigenvalue weighted by atomic mass is 9.86. The summed E-state index contributed by atoms with van der Waals surface area (Å²) in [6.45, 7) is 4.39. The number of hydrogen-bond donors (Lipinski definition) is 1. The number of hydrogen-bond acceptors (Lipinski definition) is 3. The van der Waals surface area contributed by atoms with E-state index < -0.39 is 0 Å². The lowest BCUT2D eigenvalue weighted by molar-refractivity contribution is -0.171. The van der Waals surface area contributed by atoms with Crippen LogP contribution in [0.15, 0.2) is 42.6 Å². The summed E-state index contributed by atoms with van der Waals surface area (Å²) in [5, 5.41) is 5.55. The zero-order valence-corrected chi connectivity index (χ0v) is 12.2. The van der Waals surface area contributed by atoms with Gasteiger partial charge in [-0.2, -0.15) is 0 Å². The first-order valence-electron chi connectivity index (χ1n) is 7.77. The molecule has 0 aliphatic carbocycles. The van der Waals surface area contributed by atoms with Crippen LogP contribution in [0.3, 0.4) is 0 Å². The molecule has 1 saturated heterocycles. The zero-order chi connectivity index (χ0) is 13.8. The average Bonchev–Trinajstić information content (AvgIpc) is 2.98. The quantitative estimate of drug-likeness (QED) is 0.910. The first-order valence-corrected chi connectivity index (χ1v) is 7.77. The number of nitrogens with one attached hydrogen (secondary N) is 1. The van der Waals surface area contributed by atoms with Gasteiger partial charge in [0, 0.05) is 6.20 Å². The van der Waals surface area contributed by atoms with Crippen LogP contribution in [0.5, 0.6) is 0 Å². The fraction of sp³-hybridized carbons (Fsp3) is 0.529. The van der Waals surface area contributed by atoms with E-state index in [9.17, 15) is 0 Å². The molecule has 2 unspecified atom stereocenters. The van der Waals surface area contributed by atoms with Crippen LogP contribution in [-0.4, -0.2) is 24.3 Å². The standard InChI is InChI=1S/C17H24N2O/c1-2-16-10-13-19(20-16)17(14-6-4-3-5-7-14)15-8-11-18-12-9-15/h3-7,10,13,15-18H,2,8-9,11-12H2,1H3. The van der Waals surface area contributed by atoms with Crippen molar-refractivity contribution in [2.45, 2.75) is 38.3 Å². The summed E-state index contributed by atoms with van der Waals surface area (Å²) in [6.07, 6.45) is 8.00. The Bertz CT molecular complexity index is 440. The molecule has 3 nitrogen and oxygen atoms in total. The summed E-state index contributed by atoms with van der Waals surface area (Å²) in [7, 11) is 0. The maximum atomic E-state index is 6.08. The molecule has 20 heavy (non-hydrogen) atoms.